The average molecular weight is 447 g/mol. The monoisotopic (exact) mass is 446 g/mol. The highest BCUT2D eigenvalue weighted by Crippen LogP contribution is 2.30. The van der Waals surface area contributed by atoms with Crippen molar-refractivity contribution < 1.29 is 4.74 Å². The molecule has 5 nitrogen and oxygen atoms in total. The van der Waals surface area contributed by atoms with Crippen LogP contribution < -0.4 is 10.1 Å². The van der Waals surface area contributed by atoms with Gasteiger partial charge in [-0.1, -0.05) is 18.2 Å². The topological polar surface area (TPSA) is 40.6 Å². The Morgan fingerprint density at radius 2 is 1.73 bits per heavy atom. The second-order valence-electron chi connectivity index (χ2n) is 9.48. The molecule has 0 atom stereocenters. The first-order valence-electron chi connectivity index (χ1n) is 12.3. The molecule has 0 radical (unpaired) electrons. The van der Waals surface area contributed by atoms with Gasteiger partial charge in [0.2, 0.25) is 0 Å². The van der Waals surface area contributed by atoms with E-state index in [0.29, 0.717) is 0 Å². The zero-order valence-corrected chi connectivity index (χ0v) is 20.4. The quantitative estimate of drug-likeness (QED) is 0.357. The van der Waals surface area contributed by atoms with Crippen molar-refractivity contribution in [2.45, 2.75) is 25.7 Å². The van der Waals surface area contributed by atoms with Gasteiger partial charge in [-0.15, -0.1) is 0 Å². The Balaban J connectivity index is 1.40. The molecule has 1 fully saturated rings. The Labute approximate surface area is 198 Å². The van der Waals surface area contributed by atoms with Crippen LogP contribution in [0.3, 0.4) is 0 Å². The molecule has 2 aromatic carbocycles. The zero-order valence-electron chi connectivity index (χ0n) is 20.4. The first-order chi connectivity index (χ1) is 16.1. The number of fused-ring (bicyclic) bond motifs is 1. The summed E-state index contributed by atoms with van der Waals surface area (Å²) >= 11 is 0. The molecule has 1 heterocycles. The van der Waals surface area contributed by atoms with Gasteiger partial charge in [0.05, 0.1) is 18.3 Å². The van der Waals surface area contributed by atoms with Crippen LogP contribution in [0, 0.1) is 5.92 Å². The van der Waals surface area contributed by atoms with Crippen molar-refractivity contribution in [1.82, 2.24) is 14.8 Å². The number of hydrogen-bond acceptors (Lipinski definition) is 5. The van der Waals surface area contributed by atoms with Crippen molar-refractivity contribution in [3.63, 3.8) is 0 Å². The Bertz CT molecular complexity index is 1010. The zero-order chi connectivity index (χ0) is 23.0. The molecule has 176 valence electrons. The SMILES string of the molecule is COc1ccc(-c2cc(NCCCN(CCCN(C)C)CC3CC3)c3ccccc3n2)cc1. The fourth-order valence-corrected chi connectivity index (χ4v) is 4.33. The largest absolute Gasteiger partial charge is 0.497 e. The van der Waals surface area contributed by atoms with Crippen LogP contribution in [0.5, 0.6) is 5.75 Å². The molecule has 1 aliphatic carbocycles. The lowest BCUT2D eigenvalue weighted by atomic mass is 10.1. The van der Waals surface area contributed by atoms with Gasteiger partial charge in [-0.25, -0.2) is 4.98 Å². The molecule has 1 saturated carbocycles. The predicted molar refractivity (Wildman–Crippen MR) is 139 cm³/mol. The summed E-state index contributed by atoms with van der Waals surface area (Å²) in [5, 5.41) is 4.90. The summed E-state index contributed by atoms with van der Waals surface area (Å²) in [6.45, 7) is 5.76. The van der Waals surface area contributed by atoms with Gasteiger partial charge < -0.3 is 19.9 Å². The molecule has 0 saturated heterocycles. The van der Waals surface area contributed by atoms with Crippen molar-refractivity contribution in [2.75, 3.05) is 59.2 Å². The fraction of sp³-hybridized carbons (Fsp3) is 0.464. The summed E-state index contributed by atoms with van der Waals surface area (Å²) in [6.07, 6.45) is 5.22. The molecule has 5 heteroatoms. The van der Waals surface area contributed by atoms with Crippen LogP contribution in [0.4, 0.5) is 5.69 Å². The molecule has 33 heavy (non-hydrogen) atoms. The lowest BCUT2D eigenvalue weighted by molar-refractivity contribution is 0.245. The smallest absolute Gasteiger partial charge is 0.118 e. The van der Waals surface area contributed by atoms with Crippen LogP contribution in [-0.2, 0) is 0 Å². The number of para-hydroxylation sites is 1. The van der Waals surface area contributed by atoms with Gasteiger partial charge in [0.25, 0.3) is 0 Å². The molecule has 0 bridgehead atoms. The van der Waals surface area contributed by atoms with E-state index in [4.69, 9.17) is 9.72 Å². The number of anilines is 1. The van der Waals surface area contributed by atoms with E-state index in [9.17, 15) is 0 Å². The number of ether oxygens (including phenoxy) is 1. The third kappa shape index (κ3) is 6.92. The summed E-state index contributed by atoms with van der Waals surface area (Å²) in [7, 11) is 6.02. The molecule has 1 aliphatic rings. The second-order valence-corrected chi connectivity index (χ2v) is 9.48. The van der Waals surface area contributed by atoms with E-state index in [1.165, 1.54) is 37.7 Å². The van der Waals surface area contributed by atoms with Gasteiger partial charge in [-0.3, -0.25) is 0 Å². The molecular weight excluding hydrogens is 408 g/mol. The van der Waals surface area contributed by atoms with Crippen LogP contribution >= 0.6 is 0 Å². The first-order valence-corrected chi connectivity index (χ1v) is 12.3. The van der Waals surface area contributed by atoms with Crippen LogP contribution in [0.1, 0.15) is 25.7 Å². The van der Waals surface area contributed by atoms with Crippen LogP contribution in [0.15, 0.2) is 54.6 Å². The molecule has 4 rings (SSSR count). The summed E-state index contributed by atoms with van der Waals surface area (Å²) < 4.78 is 5.31. The van der Waals surface area contributed by atoms with E-state index in [1.807, 2.05) is 12.1 Å². The minimum absolute atomic E-state index is 0.860. The highest BCUT2D eigenvalue weighted by atomic mass is 16.5. The molecular formula is C28H38N4O. The van der Waals surface area contributed by atoms with Gasteiger partial charge >= 0.3 is 0 Å². The maximum Gasteiger partial charge on any atom is 0.118 e. The second kappa shape index (κ2) is 11.5. The first kappa shape index (κ1) is 23.5. The Hall–Kier alpha value is -2.63. The van der Waals surface area contributed by atoms with Gasteiger partial charge in [-0.2, -0.15) is 0 Å². The minimum Gasteiger partial charge on any atom is -0.497 e. The van der Waals surface area contributed by atoms with Crippen molar-refractivity contribution in [1.29, 1.82) is 0 Å². The van der Waals surface area contributed by atoms with Gasteiger partial charge in [0.15, 0.2) is 0 Å². The van der Waals surface area contributed by atoms with Crippen LogP contribution in [0.2, 0.25) is 0 Å². The number of methoxy groups -OCH3 is 1. The van der Waals surface area contributed by atoms with Crippen molar-refractivity contribution in [3.05, 3.63) is 54.6 Å². The number of aromatic nitrogens is 1. The Kier molecular flexibility index (Phi) is 8.19. The number of hydrogen-bond donors (Lipinski definition) is 1. The highest BCUT2D eigenvalue weighted by molar-refractivity contribution is 5.93. The van der Waals surface area contributed by atoms with Crippen molar-refractivity contribution in [2.24, 2.45) is 5.92 Å². The third-order valence-corrected chi connectivity index (χ3v) is 6.36. The molecule has 3 aromatic rings. The maximum atomic E-state index is 5.31. The predicted octanol–water partition coefficient (Wildman–Crippen LogP) is 5.38. The highest BCUT2D eigenvalue weighted by Gasteiger charge is 2.23. The number of pyridine rings is 1. The molecule has 0 spiro atoms. The van der Waals surface area contributed by atoms with Gasteiger partial charge in [0, 0.05) is 29.7 Å². The Morgan fingerprint density at radius 1 is 0.970 bits per heavy atom. The van der Waals surface area contributed by atoms with E-state index in [-0.39, 0.29) is 0 Å². The minimum atomic E-state index is 0.860. The van der Waals surface area contributed by atoms with E-state index in [2.05, 4.69) is 71.7 Å². The van der Waals surface area contributed by atoms with Crippen LogP contribution in [-0.4, -0.2) is 68.7 Å². The number of nitrogens with zero attached hydrogens (tertiary/aromatic N) is 3. The standard InChI is InChI=1S/C28H38N4O/c1-31(2)17-7-19-32(21-22-10-11-22)18-6-16-29-28-20-27(23-12-14-24(33-3)15-13-23)30-26-9-5-4-8-25(26)28/h4-5,8-9,12-15,20,22H,6-7,10-11,16-19,21H2,1-3H3,(H,29,30). The number of nitrogens with one attached hydrogen (secondary N) is 1. The van der Waals surface area contributed by atoms with E-state index in [1.54, 1.807) is 7.11 Å². The van der Waals surface area contributed by atoms with Crippen LogP contribution in [0.25, 0.3) is 22.2 Å². The average Bonchev–Trinajstić information content (AvgIpc) is 3.65. The molecule has 1 aromatic heterocycles. The summed E-state index contributed by atoms with van der Waals surface area (Å²) in [6, 6.07) is 18.7. The number of benzene rings is 2. The summed E-state index contributed by atoms with van der Waals surface area (Å²) in [5.74, 6) is 1.80. The molecule has 0 unspecified atom stereocenters. The van der Waals surface area contributed by atoms with E-state index < -0.39 is 0 Å². The van der Waals surface area contributed by atoms with Crippen molar-refractivity contribution in [3.8, 4) is 17.0 Å². The summed E-state index contributed by atoms with van der Waals surface area (Å²) in [5.41, 5.74) is 4.26. The van der Waals surface area contributed by atoms with Gasteiger partial charge in [0.1, 0.15) is 5.75 Å². The number of rotatable bonds is 13. The molecule has 1 N–H and O–H groups in total. The van der Waals surface area contributed by atoms with Gasteiger partial charge in [-0.05, 0) is 102 Å². The summed E-state index contributed by atoms with van der Waals surface area (Å²) in [4.78, 5) is 9.87. The molecule has 0 aliphatic heterocycles. The normalized spacial score (nSPS) is 13.7. The van der Waals surface area contributed by atoms with E-state index in [0.717, 1.165) is 60.2 Å². The lowest BCUT2D eigenvalue weighted by Crippen LogP contribution is -2.31. The Morgan fingerprint density at radius 3 is 2.45 bits per heavy atom. The third-order valence-electron chi connectivity index (χ3n) is 6.36. The van der Waals surface area contributed by atoms with E-state index >= 15 is 0 Å². The fourth-order valence-electron chi connectivity index (χ4n) is 4.33. The lowest BCUT2D eigenvalue weighted by Gasteiger charge is -2.23. The maximum absolute atomic E-state index is 5.31. The van der Waals surface area contributed by atoms with Crippen molar-refractivity contribution >= 4 is 16.6 Å². The molecule has 0 amide bonds.